The fourth-order valence-corrected chi connectivity index (χ4v) is 5.18. The van der Waals surface area contributed by atoms with Crippen molar-refractivity contribution in [2.45, 2.75) is 99.3 Å². The monoisotopic (exact) mass is 517 g/mol. The van der Waals surface area contributed by atoms with E-state index < -0.39 is 6.23 Å². The van der Waals surface area contributed by atoms with E-state index in [1.165, 1.54) is 5.57 Å². The number of allylic oxidation sites excluding steroid dienone is 10. The maximum Gasteiger partial charge on any atom is 0.228 e. The van der Waals surface area contributed by atoms with Crippen molar-refractivity contribution in [1.82, 2.24) is 4.90 Å². The summed E-state index contributed by atoms with van der Waals surface area (Å²) in [5, 5.41) is 11.5. The Labute approximate surface area is 230 Å². The molecule has 0 aromatic heterocycles. The lowest BCUT2D eigenvalue weighted by Crippen LogP contribution is -2.48. The summed E-state index contributed by atoms with van der Waals surface area (Å²) < 4.78 is 6.09. The Morgan fingerprint density at radius 1 is 1.24 bits per heavy atom. The van der Waals surface area contributed by atoms with Crippen LogP contribution in [-0.4, -0.2) is 28.2 Å². The van der Waals surface area contributed by atoms with Gasteiger partial charge in [-0.05, 0) is 62.8 Å². The van der Waals surface area contributed by atoms with Gasteiger partial charge in [0.2, 0.25) is 5.91 Å². The Morgan fingerprint density at radius 3 is 2.53 bits per heavy atom. The summed E-state index contributed by atoms with van der Waals surface area (Å²) >= 11 is 0. The second-order valence-electron chi connectivity index (χ2n) is 10.3. The Kier molecular flexibility index (Phi) is 12.1. The SMILES string of the molecule is C=C(CCC1=CC(C)C(/C=C\C)=C(C)O1)C1=C=C=C(C(O)N(C(=O)C/C=C\C)C(CC)CCC)C(C)C1=C. The van der Waals surface area contributed by atoms with Gasteiger partial charge in [-0.1, -0.05) is 83.0 Å². The molecule has 0 spiro atoms. The highest BCUT2D eigenvalue weighted by atomic mass is 16.5. The standard InChI is InChI=1S/C34H47NO3/c1-10-14-17-33(36)35(28(13-4)15-11-2)34(37)32-21-20-30(25(7)26(32)8)23(5)18-19-29-22-24(6)31(16-12-3)27(9)38-29/h10,12,14,16,22,24,26,28,34,37H,5,7,11,13,15,17-19H2,1-4,6,8-9H3/b14-10-,16-12-. The van der Waals surface area contributed by atoms with Crippen LogP contribution >= 0.6 is 0 Å². The van der Waals surface area contributed by atoms with Gasteiger partial charge in [-0.25, -0.2) is 0 Å². The van der Waals surface area contributed by atoms with Crippen LogP contribution in [0.25, 0.3) is 0 Å². The van der Waals surface area contributed by atoms with Gasteiger partial charge in [0.25, 0.3) is 0 Å². The normalized spacial score (nSPS) is 21.3. The van der Waals surface area contributed by atoms with Gasteiger partial charge >= 0.3 is 0 Å². The first-order chi connectivity index (χ1) is 18.1. The van der Waals surface area contributed by atoms with Crippen molar-refractivity contribution in [3.05, 3.63) is 94.4 Å². The van der Waals surface area contributed by atoms with E-state index in [1.54, 1.807) is 4.90 Å². The number of amides is 1. The molecular formula is C34H47NO3. The largest absolute Gasteiger partial charge is 0.466 e. The number of aliphatic hydroxyl groups excluding tert-OH is 1. The minimum atomic E-state index is -1.07. The number of hydrogen-bond donors (Lipinski definition) is 1. The highest BCUT2D eigenvalue weighted by Crippen LogP contribution is 2.36. The minimum Gasteiger partial charge on any atom is -0.466 e. The van der Waals surface area contributed by atoms with Crippen molar-refractivity contribution < 1.29 is 14.6 Å². The molecule has 0 radical (unpaired) electrons. The molecule has 0 saturated carbocycles. The van der Waals surface area contributed by atoms with Gasteiger partial charge < -0.3 is 14.7 Å². The number of hydrogen-bond acceptors (Lipinski definition) is 3. The Bertz CT molecular complexity index is 1130. The zero-order valence-corrected chi connectivity index (χ0v) is 24.6. The maximum atomic E-state index is 13.1. The molecule has 4 nitrogen and oxygen atoms in total. The Hall–Kier alpha value is -3.03. The van der Waals surface area contributed by atoms with Crippen LogP contribution < -0.4 is 0 Å². The molecule has 0 saturated heterocycles. The van der Waals surface area contributed by atoms with Gasteiger partial charge in [-0.3, -0.25) is 4.79 Å². The van der Waals surface area contributed by atoms with Gasteiger partial charge in [0, 0.05) is 41.9 Å². The van der Waals surface area contributed by atoms with Crippen LogP contribution in [0.1, 0.15) is 87.0 Å². The number of carbonyl (C=O) groups excluding carboxylic acids is 1. The van der Waals surface area contributed by atoms with E-state index in [9.17, 15) is 9.90 Å². The van der Waals surface area contributed by atoms with Crippen molar-refractivity contribution >= 4 is 5.91 Å². The van der Waals surface area contributed by atoms with Crippen LogP contribution in [0, 0.1) is 11.8 Å². The lowest BCUT2D eigenvalue weighted by Gasteiger charge is -2.37. The van der Waals surface area contributed by atoms with E-state index in [-0.39, 0.29) is 24.3 Å². The number of nitrogens with zero attached hydrogens (tertiary/aromatic N) is 1. The highest BCUT2D eigenvalue weighted by molar-refractivity contribution is 5.78. The summed E-state index contributed by atoms with van der Waals surface area (Å²) in [6.07, 6.45) is 13.2. The van der Waals surface area contributed by atoms with Gasteiger partial charge in [0.05, 0.1) is 0 Å². The molecule has 38 heavy (non-hydrogen) atoms. The number of ether oxygens (including phenoxy) is 1. The van der Waals surface area contributed by atoms with Crippen molar-refractivity contribution in [1.29, 1.82) is 0 Å². The quantitative estimate of drug-likeness (QED) is 0.152. The molecule has 0 aromatic carbocycles. The van der Waals surface area contributed by atoms with Crippen molar-refractivity contribution in [3.8, 4) is 0 Å². The third-order valence-electron chi connectivity index (χ3n) is 7.48. The van der Waals surface area contributed by atoms with E-state index >= 15 is 0 Å². The number of aliphatic hydroxyl groups is 1. The van der Waals surface area contributed by atoms with Crippen molar-refractivity contribution in [3.63, 3.8) is 0 Å². The third kappa shape index (κ3) is 7.51. The minimum absolute atomic E-state index is 0.0418. The van der Waals surface area contributed by atoms with Crippen LogP contribution in [0.2, 0.25) is 0 Å². The molecule has 2 rings (SSSR count). The summed E-state index contributed by atoms with van der Waals surface area (Å²) in [4.78, 5) is 14.8. The molecule has 0 bridgehead atoms. The maximum absolute atomic E-state index is 13.1. The molecule has 1 aliphatic heterocycles. The van der Waals surface area contributed by atoms with Crippen LogP contribution in [0.15, 0.2) is 94.4 Å². The first-order valence-corrected chi connectivity index (χ1v) is 14.1. The summed E-state index contributed by atoms with van der Waals surface area (Å²) in [6.45, 7) is 22.9. The van der Waals surface area contributed by atoms with Gasteiger partial charge in [-0.2, -0.15) is 0 Å². The van der Waals surface area contributed by atoms with E-state index in [0.717, 1.165) is 53.9 Å². The Morgan fingerprint density at radius 2 is 1.95 bits per heavy atom. The van der Waals surface area contributed by atoms with Crippen molar-refractivity contribution in [2.75, 3.05) is 0 Å². The van der Waals surface area contributed by atoms with Gasteiger partial charge in [0.1, 0.15) is 11.5 Å². The second-order valence-corrected chi connectivity index (χ2v) is 10.3. The number of carbonyl (C=O) groups is 1. The molecule has 0 fully saturated rings. The molecule has 206 valence electrons. The zero-order chi connectivity index (χ0) is 28.4. The molecule has 1 heterocycles. The molecule has 1 amide bonds. The van der Waals surface area contributed by atoms with Crippen LogP contribution in [0.4, 0.5) is 0 Å². The second kappa shape index (κ2) is 14.8. The molecule has 1 aliphatic carbocycles. The van der Waals surface area contributed by atoms with Gasteiger partial charge in [0.15, 0.2) is 6.23 Å². The topological polar surface area (TPSA) is 49.8 Å². The smallest absolute Gasteiger partial charge is 0.228 e. The van der Waals surface area contributed by atoms with E-state index in [0.29, 0.717) is 17.9 Å². The average Bonchev–Trinajstić information content (AvgIpc) is 2.89. The molecule has 1 N–H and O–H groups in total. The van der Waals surface area contributed by atoms with E-state index in [1.807, 2.05) is 45.9 Å². The Balaban J connectivity index is 2.29. The molecule has 0 aromatic rings. The van der Waals surface area contributed by atoms with Crippen LogP contribution in [-0.2, 0) is 9.53 Å². The predicted octanol–water partition coefficient (Wildman–Crippen LogP) is 8.23. The average molecular weight is 518 g/mol. The third-order valence-corrected chi connectivity index (χ3v) is 7.48. The van der Waals surface area contributed by atoms with Crippen molar-refractivity contribution in [2.24, 2.45) is 11.8 Å². The summed E-state index contributed by atoms with van der Waals surface area (Å²) in [5.41, 5.74) is 10.8. The fraction of sp³-hybridized carbons (Fsp3) is 0.500. The summed E-state index contributed by atoms with van der Waals surface area (Å²) in [6, 6.07) is -0.0418. The molecule has 4 heteroatoms. The molecule has 2 aliphatic rings. The molecular weight excluding hydrogens is 470 g/mol. The first kappa shape index (κ1) is 31.2. The highest BCUT2D eigenvalue weighted by Gasteiger charge is 2.34. The summed E-state index contributed by atoms with van der Waals surface area (Å²) in [7, 11) is 0. The first-order valence-electron chi connectivity index (χ1n) is 14.1. The van der Waals surface area contributed by atoms with E-state index in [2.05, 4.69) is 57.5 Å². The van der Waals surface area contributed by atoms with Gasteiger partial charge in [-0.15, -0.1) is 0 Å². The summed E-state index contributed by atoms with van der Waals surface area (Å²) in [5.74, 6) is 1.92. The zero-order valence-electron chi connectivity index (χ0n) is 24.6. The number of rotatable bonds is 13. The fourth-order valence-electron chi connectivity index (χ4n) is 5.18. The lowest BCUT2D eigenvalue weighted by molar-refractivity contribution is -0.142. The molecule has 4 atom stereocenters. The van der Waals surface area contributed by atoms with Crippen LogP contribution in [0.5, 0.6) is 0 Å². The van der Waals surface area contributed by atoms with Crippen LogP contribution in [0.3, 0.4) is 0 Å². The molecule has 4 unspecified atom stereocenters. The predicted molar refractivity (Wildman–Crippen MR) is 158 cm³/mol. The lowest BCUT2D eigenvalue weighted by atomic mass is 9.82. The van der Waals surface area contributed by atoms with E-state index in [4.69, 9.17) is 4.74 Å².